The number of rotatable bonds is 3. The Bertz CT molecular complexity index is 662. The number of amides is 1. The molecule has 8 heteroatoms. The minimum Gasteiger partial charge on any atom is -0.398 e. The fourth-order valence-electron chi connectivity index (χ4n) is 2.22. The van der Waals surface area contributed by atoms with Crippen LogP contribution in [0.2, 0.25) is 5.02 Å². The molecule has 1 aromatic carbocycles. The lowest BCUT2D eigenvalue weighted by Gasteiger charge is -2.21. The van der Waals surface area contributed by atoms with Gasteiger partial charge < -0.3 is 11.5 Å². The summed E-state index contributed by atoms with van der Waals surface area (Å²) >= 11 is 5.76. The summed E-state index contributed by atoms with van der Waals surface area (Å²) in [7, 11) is -3.75. The molecule has 0 saturated carbocycles. The highest BCUT2D eigenvalue weighted by Crippen LogP contribution is 2.34. The third kappa shape index (κ3) is 2.48. The number of sulfonamides is 1. The fraction of sp³-hybridized carbons (Fsp3) is 0.417. The van der Waals surface area contributed by atoms with Crippen molar-refractivity contribution in [2.75, 3.05) is 18.8 Å². The van der Waals surface area contributed by atoms with Gasteiger partial charge in [0.1, 0.15) is 4.90 Å². The van der Waals surface area contributed by atoms with Crippen LogP contribution in [-0.2, 0) is 14.8 Å². The molecule has 1 aromatic rings. The van der Waals surface area contributed by atoms with Crippen molar-refractivity contribution in [3.8, 4) is 0 Å². The summed E-state index contributed by atoms with van der Waals surface area (Å²) in [6, 6.07) is 4.22. The molecule has 1 aliphatic rings. The first-order chi connectivity index (χ1) is 9.17. The molecule has 20 heavy (non-hydrogen) atoms. The van der Waals surface area contributed by atoms with E-state index in [1.54, 1.807) is 6.92 Å². The van der Waals surface area contributed by atoms with Crippen molar-refractivity contribution in [2.45, 2.75) is 18.2 Å². The standard InChI is InChI=1S/C12H16ClN3O3S/c1-12(11(15)17)4-5-16(7-12)20(18,19)10-3-2-8(13)6-9(10)14/h2-3,6H,4-5,7,14H2,1H3,(H2,15,17). The largest absolute Gasteiger partial charge is 0.398 e. The quantitative estimate of drug-likeness (QED) is 0.804. The van der Waals surface area contributed by atoms with Gasteiger partial charge in [-0.3, -0.25) is 4.79 Å². The van der Waals surface area contributed by atoms with Crippen LogP contribution in [0.15, 0.2) is 23.1 Å². The number of hydrogen-bond acceptors (Lipinski definition) is 4. The number of anilines is 1. The summed E-state index contributed by atoms with van der Waals surface area (Å²) < 4.78 is 26.3. The van der Waals surface area contributed by atoms with Gasteiger partial charge in [0.05, 0.1) is 11.1 Å². The topological polar surface area (TPSA) is 106 Å². The van der Waals surface area contributed by atoms with E-state index < -0.39 is 21.3 Å². The average Bonchev–Trinajstić information content (AvgIpc) is 2.73. The van der Waals surface area contributed by atoms with E-state index in [-0.39, 0.29) is 23.7 Å². The van der Waals surface area contributed by atoms with Crippen molar-refractivity contribution in [3.63, 3.8) is 0 Å². The highest BCUT2D eigenvalue weighted by Gasteiger charge is 2.44. The van der Waals surface area contributed by atoms with Crippen LogP contribution in [0.5, 0.6) is 0 Å². The fourth-order valence-corrected chi connectivity index (χ4v) is 4.06. The van der Waals surface area contributed by atoms with Crippen molar-refractivity contribution in [3.05, 3.63) is 23.2 Å². The van der Waals surface area contributed by atoms with Crippen molar-refractivity contribution < 1.29 is 13.2 Å². The lowest BCUT2D eigenvalue weighted by Crippen LogP contribution is -2.38. The molecule has 1 atom stereocenters. The van der Waals surface area contributed by atoms with Gasteiger partial charge in [0.25, 0.3) is 0 Å². The maximum Gasteiger partial charge on any atom is 0.245 e. The minimum absolute atomic E-state index is 0.00406. The number of nitrogens with two attached hydrogens (primary N) is 2. The normalized spacial score (nSPS) is 23.9. The van der Waals surface area contributed by atoms with Gasteiger partial charge >= 0.3 is 0 Å². The number of benzene rings is 1. The summed E-state index contributed by atoms with van der Waals surface area (Å²) in [5, 5.41) is 0.366. The number of carbonyl (C=O) groups excluding carboxylic acids is 1. The van der Waals surface area contributed by atoms with E-state index in [0.717, 1.165) is 0 Å². The van der Waals surface area contributed by atoms with Crippen LogP contribution in [0.4, 0.5) is 5.69 Å². The van der Waals surface area contributed by atoms with Crippen LogP contribution in [0.25, 0.3) is 0 Å². The number of primary amides is 1. The Kier molecular flexibility index (Phi) is 3.70. The second-order valence-corrected chi connectivity index (χ2v) is 7.54. The van der Waals surface area contributed by atoms with Gasteiger partial charge in [-0.2, -0.15) is 4.31 Å². The second kappa shape index (κ2) is 4.91. The van der Waals surface area contributed by atoms with Crippen molar-refractivity contribution in [2.24, 2.45) is 11.1 Å². The zero-order valence-corrected chi connectivity index (χ0v) is 12.5. The monoisotopic (exact) mass is 317 g/mol. The number of halogens is 1. The Hall–Kier alpha value is -1.31. The Balaban J connectivity index is 2.35. The summed E-state index contributed by atoms with van der Waals surface area (Å²) in [5.74, 6) is -0.501. The number of carbonyl (C=O) groups is 1. The molecule has 1 aliphatic heterocycles. The predicted octanol–water partition coefficient (Wildman–Crippen LogP) is 0.808. The molecule has 1 saturated heterocycles. The van der Waals surface area contributed by atoms with Crippen LogP contribution in [0.3, 0.4) is 0 Å². The molecule has 2 rings (SSSR count). The van der Waals surface area contributed by atoms with Crippen LogP contribution in [-0.4, -0.2) is 31.7 Å². The molecule has 1 fully saturated rings. The van der Waals surface area contributed by atoms with Crippen molar-refractivity contribution in [1.29, 1.82) is 0 Å². The molecule has 0 bridgehead atoms. The van der Waals surface area contributed by atoms with Gasteiger partial charge in [0.2, 0.25) is 15.9 Å². The zero-order chi connectivity index (χ0) is 15.1. The Labute approximate surface area is 122 Å². The maximum absolute atomic E-state index is 12.5. The third-order valence-corrected chi connectivity index (χ3v) is 5.78. The second-order valence-electron chi connectivity index (χ2n) is 5.20. The highest BCUT2D eigenvalue weighted by atomic mass is 35.5. The molecular weight excluding hydrogens is 302 g/mol. The van der Waals surface area contributed by atoms with Gasteiger partial charge in [-0.25, -0.2) is 8.42 Å². The molecule has 6 nitrogen and oxygen atoms in total. The number of nitrogens with zero attached hydrogens (tertiary/aromatic N) is 1. The molecule has 1 unspecified atom stereocenters. The van der Waals surface area contributed by atoms with Crippen molar-refractivity contribution >= 4 is 33.2 Å². The van der Waals surface area contributed by atoms with Gasteiger partial charge in [0, 0.05) is 18.1 Å². The smallest absolute Gasteiger partial charge is 0.245 e. The highest BCUT2D eigenvalue weighted by molar-refractivity contribution is 7.89. The zero-order valence-electron chi connectivity index (χ0n) is 11.0. The van der Waals surface area contributed by atoms with E-state index in [4.69, 9.17) is 23.1 Å². The van der Waals surface area contributed by atoms with Gasteiger partial charge in [0.15, 0.2) is 0 Å². The molecule has 1 heterocycles. The van der Waals surface area contributed by atoms with E-state index in [2.05, 4.69) is 0 Å². The first-order valence-electron chi connectivity index (χ1n) is 6.02. The molecule has 0 radical (unpaired) electrons. The first-order valence-corrected chi connectivity index (χ1v) is 7.84. The molecule has 0 spiro atoms. The van der Waals surface area contributed by atoms with Crippen molar-refractivity contribution in [1.82, 2.24) is 4.31 Å². The Morgan fingerprint density at radius 2 is 2.10 bits per heavy atom. The van der Waals surface area contributed by atoms with Gasteiger partial charge in [-0.1, -0.05) is 11.6 Å². The molecule has 0 aliphatic carbocycles. The van der Waals surface area contributed by atoms with E-state index >= 15 is 0 Å². The maximum atomic E-state index is 12.5. The summed E-state index contributed by atoms with van der Waals surface area (Å²) in [5.41, 5.74) is 10.3. The van der Waals surface area contributed by atoms with Gasteiger partial charge in [-0.05, 0) is 31.5 Å². The SMILES string of the molecule is CC1(C(N)=O)CCN(S(=O)(=O)c2ccc(Cl)cc2N)C1. The lowest BCUT2D eigenvalue weighted by molar-refractivity contribution is -0.126. The number of hydrogen-bond donors (Lipinski definition) is 2. The Morgan fingerprint density at radius 1 is 1.45 bits per heavy atom. The third-order valence-electron chi connectivity index (χ3n) is 3.62. The molecule has 4 N–H and O–H groups in total. The van der Waals surface area contributed by atoms with E-state index in [1.807, 2.05) is 0 Å². The molecule has 110 valence electrons. The van der Waals surface area contributed by atoms with Gasteiger partial charge in [-0.15, -0.1) is 0 Å². The minimum atomic E-state index is -3.75. The summed E-state index contributed by atoms with van der Waals surface area (Å²) in [6.07, 6.45) is 0.398. The lowest BCUT2D eigenvalue weighted by atomic mass is 9.89. The summed E-state index contributed by atoms with van der Waals surface area (Å²) in [6.45, 7) is 1.96. The van der Waals surface area contributed by atoms with Crippen LogP contribution < -0.4 is 11.5 Å². The van der Waals surface area contributed by atoms with E-state index in [1.165, 1.54) is 22.5 Å². The Morgan fingerprint density at radius 3 is 2.60 bits per heavy atom. The van der Waals surface area contributed by atoms with Crippen LogP contribution >= 0.6 is 11.6 Å². The van der Waals surface area contributed by atoms with E-state index in [0.29, 0.717) is 11.4 Å². The summed E-state index contributed by atoms with van der Waals surface area (Å²) in [4.78, 5) is 11.4. The van der Waals surface area contributed by atoms with E-state index in [9.17, 15) is 13.2 Å². The first kappa shape index (κ1) is 15.1. The van der Waals surface area contributed by atoms with Crippen LogP contribution in [0.1, 0.15) is 13.3 Å². The predicted molar refractivity (Wildman–Crippen MR) is 76.5 cm³/mol. The van der Waals surface area contributed by atoms with Crippen LogP contribution in [0, 0.1) is 5.41 Å². The molecule has 1 amide bonds. The average molecular weight is 318 g/mol. The molecular formula is C12H16ClN3O3S. The number of nitrogen functional groups attached to an aromatic ring is 1. The molecule has 0 aromatic heterocycles.